The molecule has 1 unspecified atom stereocenters. The molecule has 0 spiro atoms. The summed E-state index contributed by atoms with van der Waals surface area (Å²) in [6, 6.07) is 0. The zero-order valence-electron chi connectivity index (χ0n) is 15.7. The van der Waals surface area contributed by atoms with E-state index in [1.807, 2.05) is 6.08 Å². The van der Waals surface area contributed by atoms with Crippen LogP contribution in [0, 0.1) is 40.4 Å². The van der Waals surface area contributed by atoms with Crippen LogP contribution in [-0.2, 0) is 4.79 Å². The zero-order valence-corrected chi connectivity index (χ0v) is 15.7. The van der Waals surface area contributed by atoms with Gasteiger partial charge in [0.15, 0.2) is 5.78 Å². The van der Waals surface area contributed by atoms with Crippen molar-refractivity contribution in [2.45, 2.75) is 59.0 Å². The van der Waals surface area contributed by atoms with Crippen LogP contribution in [-0.4, -0.2) is 28.7 Å². The molecule has 8 atom stereocenters. The molecule has 3 heteroatoms. The molecule has 2 N–H and O–H groups in total. The van der Waals surface area contributed by atoms with E-state index in [-0.39, 0.29) is 35.2 Å². The van der Waals surface area contributed by atoms with Gasteiger partial charge in [-0.05, 0) is 73.3 Å². The van der Waals surface area contributed by atoms with Crippen LogP contribution in [0.15, 0.2) is 23.8 Å². The van der Waals surface area contributed by atoms with Crippen molar-refractivity contribution >= 4 is 5.78 Å². The van der Waals surface area contributed by atoms with Gasteiger partial charge in [-0.3, -0.25) is 4.79 Å². The Morgan fingerprint density at radius 1 is 1.28 bits per heavy atom. The molecule has 3 nitrogen and oxygen atoms in total. The maximum Gasteiger partial charge on any atom is 0.178 e. The molecule has 25 heavy (non-hydrogen) atoms. The molecule has 0 aliphatic heterocycles. The van der Waals surface area contributed by atoms with Gasteiger partial charge in [-0.25, -0.2) is 0 Å². The van der Waals surface area contributed by atoms with Gasteiger partial charge in [0.05, 0.1) is 6.10 Å². The third kappa shape index (κ3) is 2.35. The summed E-state index contributed by atoms with van der Waals surface area (Å²) in [5, 5.41) is 21.0. The molecule has 4 rings (SSSR count). The maximum absolute atomic E-state index is 11.8. The van der Waals surface area contributed by atoms with Crippen LogP contribution >= 0.6 is 0 Å². The van der Waals surface area contributed by atoms with Gasteiger partial charge in [0.25, 0.3) is 0 Å². The van der Waals surface area contributed by atoms with Gasteiger partial charge < -0.3 is 10.2 Å². The van der Waals surface area contributed by atoms with Gasteiger partial charge in [0, 0.05) is 17.9 Å². The second kappa shape index (κ2) is 5.79. The number of ketones is 1. The molecule has 0 saturated heterocycles. The second-order valence-corrected chi connectivity index (χ2v) is 9.64. The van der Waals surface area contributed by atoms with Gasteiger partial charge in [0.1, 0.15) is 0 Å². The minimum Gasteiger partial charge on any atom is -0.396 e. The van der Waals surface area contributed by atoms with Crippen molar-refractivity contribution in [1.82, 2.24) is 0 Å². The SMILES string of the molecule is CC(CO)[C@H]1CC[C@H]2[C@@H]3CCC4=CC(=O)C=C[C@]4(C)[C@H]3[C@H](O)C[C@]12C. The highest BCUT2D eigenvalue weighted by atomic mass is 16.3. The van der Waals surface area contributed by atoms with E-state index in [4.69, 9.17) is 0 Å². The number of aliphatic hydroxyl groups is 2. The second-order valence-electron chi connectivity index (χ2n) is 9.64. The lowest BCUT2D eigenvalue weighted by atomic mass is 9.46. The monoisotopic (exact) mass is 344 g/mol. The van der Waals surface area contributed by atoms with E-state index in [9.17, 15) is 15.0 Å². The highest BCUT2D eigenvalue weighted by molar-refractivity contribution is 6.01. The molecular formula is C22H32O3. The van der Waals surface area contributed by atoms with E-state index in [1.165, 1.54) is 18.4 Å². The normalized spacial score (nSPS) is 49.9. The number of hydrogen-bond donors (Lipinski definition) is 2. The summed E-state index contributed by atoms with van der Waals surface area (Å²) in [7, 11) is 0. The van der Waals surface area contributed by atoms with Crippen LogP contribution < -0.4 is 0 Å². The first-order valence-corrected chi connectivity index (χ1v) is 10.0. The average molecular weight is 344 g/mol. The van der Waals surface area contributed by atoms with Crippen molar-refractivity contribution in [3.63, 3.8) is 0 Å². The first-order chi connectivity index (χ1) is 11.8. The van der Waals surface area contributed by atoms with Crippen LogP contribution in [0.4, 0.5) is 0 Å². The fourth-order valence-corrected chi connectivity index (χ4v) is 7.43. The first kappa shape index (κ1) is 17.5. The van der Waals surface area contributed by atoms with Crippen molar-refractivity contribution in [2.75, 3.05) is 6.61 Å². The molecular weight excluding hydrogens is 312 g/mol. The first-order valence-electron chi connectivity index (χ1n) is 10.0. The molecule has 0 bridgehead atoms. The van der Waals surface area contributed by atoms with Crippen molar-refractivity contribution in [3.05, 3.63) is 23.8 Å². The van der Waals surface area contributed by atoms with Crippen LogP contribution in [0.2, 0.25) is 0 Å². The van der Waals surface area contributed by atoms with Crippen LogP contribution in [0.25, 0.3) is 0 Å². The lowest BCUT2D eigenvalue weighted by Crippen LogP contribution is -2.56. The lowest BCUT2D eigenvalue weighted by molar-refractivity contribution is -0.123. The molecule has 4 aliphatic carbocycles. The number of carbonyl (C=O) groups is 1. The summed E-state index contributed by atoms with van der Waals surface area (Å²) in [4.78, 5) is 11.8. The molecule has 138 valence electrons. The Balaban J connectivity index is 1.70. The number of aliphatic hydroxyl groups excluding tert-OH is 2. The van der Waals surface area contributed by atoms with Crippen LogP contribution in [0.3, 0.4) is 0 Å². The molecule has 4 aliphatic rings. The minimum atomic E-state index is -0.329. The predicted octanol–water partition coefficient (Wildman–Crippen LogP) is 3.51. The van der Waals surface area contributed by atoms with Crippen molar-refractivity contribution in [3.8, 4) is 0 Å². The number of rotatable bonds is 2. The van der Waals surface area contributed by atoms with Gasteiger partial charge in [-0.1, -0.05) is 32.4 Å². The van der Waals surface area contributed by atoms with Crippen LogP contribution in [0.5, 0.6) is 0 Å². The molecule has 0 heterocycles. The third-order valence-electron chi connectivity index (χ3n) is 8.54. The summed E-state index contributed by atoms with van der Waals surface area (Å²) in [5.41, 5.74) is 1.19. The molecule has 3 fully saturated rings. The Bertz CT molecular complexity index is 635. The van der Waals surface area contributed by atoms with E-state index in [2.05, 4.69) is 26.8 Å². The van der Waals surface area contributed by atoms with E-state index in [0.717, 1.165) is 19.3 Å². The molecule has 0 amide bonds. The Kier molecular flexibility index (Phi) is 4.05. The number of fused-ring (bicyclic) bond motifs is 5. The standard InChI is InChI=1S/C22H32O3/c1-13(12-23)17-6-7-18-16-5-4-14-10-15(24)8-9-21(14,2)20(16)19(25)11-22(17,18)3/h8-10,13,16-20,23,25H,4-7,11-12H2,1-3H3/t13?,16-,17+,18-,19+,20+,21-,22+/m0/s1. The van der Waals surface area contributed by atoms with E-state index in [0.29, 0.717) is 23.7 Å². The summed E-state index contributed by atoms with van der Waals surface area (Å²) < 4.78 is 0. The van der Waals surface area contributed by atoms with Crippen LogP contribution in [0.1, 0.15) is 52.9 Å². The summed E-state index contributed by atoms with van der Waals surface area (Å²) >= 11 is 0. The molecule has 0 aromatic carbocycles. The van der Waals surface area contributed by atoms with Gasteiger partial charge in [-0.2, -0.15) is 0 Å². The smallest absolute Gasteiger partial charge is 0.178 e. The minimum absolute atomic E-state index is 0.0961. The number of allylic oxidation sites excluding steroid dienone is 4. The van der Waals surface area contributed by atoms with Gasteiger partial charge in [-0.15, -0.1) is 0 Å². The summed E-state index contributed by atoms with van der Waals surface area (Å²) in [6.45, 7) is 7.00. The van der Waals surface area contributed by atoms with Crippen molar-refractivity contribution < 1.29 is 15.0 Å². The molecule has 3 saturated carbocycles. The summed E-state index contributed by atoms with van der Waals surface area (Å²) in [5.74, 6) is 2.28. The molecule has 0 radical (unpaired) electrons. The molecule has 0 aromatic rings. The Morgan fingerprint density at radius 3 is 2.76 bits per heavy atom. The molecule has 0 aromatic heterocycles. The van der Waals surface area contributed by atoms with Crippen molar-refractivity contribution in [2.24, 2.45) is 40.4 Å². The van der Waals surface area contributed by atoms with E-state index < -0.39 is 0 Å². The maximum atomic E-state index is 11.8. The summed E-state index contributed by atoms with van der Waals surface area (Å²) in [6.07, 6.45) is 10.6. The topological polar surface area (TPSA) is 57.5 Å². The highest BCUT2D eigenvalue weighted by Crippen LogP contribution is 2.66. The average Bonchev–Trinajstić information content (AvgIpc) is 2.91. The Morgan fingerprint density at radius 2 is 2.04 bits per heavy atom. The Hall–Kier alpha value is -0.930. The Labute approximate surface area is 151 Å². The quantitative estimate of drug-likeness (QED) is 0.806. The largest absolute Gasteiger partial charge is 0.396 e. The van der Waals surface area contributed by atoms with E-state index >= 15 is 0 Å². The zero-order chi connectivity index (χ0) is 18.0. The van der Waals surface area contributed by atoms with Gasteiger partial charge >= 0.3 is 0 Å². The third-order valence-corrected chi connectivity index (χ3v) is 8.54. The van der Waals surface area contributed by atoms with E-state index in [1.54, 1.807) is 6.08 Å². The fourth-order valence-electron chi connectivity index (χ4n) is 7.43. The predicted molar refractivity (Wildman–Crippen MR) is 97.7 cm³/mol. The number of hydrogen-bond acceptors (Lipinski definition) is 3. The fraction of sp³-hybridized carbons (Fsp3) is 0.773. The van der Waals surface area contributed by atoms with Gasteiger partial charge in [0.2, 0.25) is 0 Å². The lowest BCUT2D eigenvalue weighted by Gasteiger charge is -2.59. The number of carbonyl (C=O) groups excluding carboxylic acids is 1. The highest BCUT2D eigenvalue weighted by Gasteiger charge is 2.61. The van der Waals surface area contributed by atoms with Crippen molar-refractivity contribution in [1.29, 1.82) is 0 Å².